The van der Waals surface area contributed by atoms with Crippen LogP contribution in [0.3, 0.4) is 0 Å². The van der Waals surface area contributed by atoms with Crippen LogP contribution in [-0.2, 0) is 19.4 Å². The number of rotatable bonds is 2. The molecule has 2 heterocycles. The van der Waals surface area contributed by atoms with E-state index in [2.05, 4.69) is 28.4 Å². The van der Waals surface area contributed by atoms with Gasteiger partial charge < -0.3 is 5.32 Å². The molecule has 1 N–H and O–H groups in total. The van der Waals surface area contributed by atoms with Crippen molar-refractivity contribution in [1.29, 1.82) is 0 Å². The van der Waals surface area contributed by atoms with Crippen molar-refractivity contribution in [2.24, 2.45) is 11.8 Å². The van der Waals surface area contributed by atoms with Crippen LogP contribution >= 0.6 is 0 Å². The topological polar surface area (TPSA) is 15.3 Å². The van der Waals surface area contributed by atoms with Gasteiger partial charge in [0, 0.05) is 19.6 Å². The standard InChI is InChI=1S/C16H22N2/c1-2-13-5-4-12(6-14(13)3-1)9-18-10-15-7-17-8-16(15)11-18/h4-6,15-17H,1-3,7-11H2. The quantitative estimate of drug-likeness (QED) is 0.851. The Bertz CT molecular complexity index is 442. The summed E-state index contributed by atoms with van der Waals surface area (Å²) < 4.78 is 0. The molecule has 1 aromatic carbocycles. The van der Waals surface area contributed by atoms with Crippen LogP contribution in [0.1, 0.15) is 23.1 Å². The molecule has 18 heavy (non-hydrogen) atoms. The Hall–Kier alpha value is -0.860. The van der Waals surface area contributed by atoms with E-state index in [4.69, 9.17) is 0 Å². The number of aryl methyl sites for hydroxylation is 2. The number of likely N-dealkylation sites (tertiary alicyclic amines) is 1. The van der Waals surface area contributed by atoms with Gasteiger partial charge in [-0.1, -0.05) is 18.2 Å². The molecule has 96 valence electrons. The molecule has 2 atom stereocenters. The summed E-state index contributed by atoms with van der Waals surface area (Å²) in [6.45, 7) is 6.25. The van der Waals surface area contributed by atoms with E-state index in [0.29, 0.717) is 0 Å². The Kier molecular flexibility index (Phi) is 2.66. The summed E-state index contributed by atoms with van der Waals surface area (Å²) in [5, 5.41) is 3.52. The van der Waals surface area contributed by atoms with Gasteiger partial charge in [0.1, 0.15) is 0 Å². The van der Waals surface area contributed by atoms with E-state index < -0.39 is 0 Å². The molecule has 1 aliphatic carbocycles. The highest BCUT2D eigenvalue weighted by molar-refractivity contribution is 5.35. The lowest BCUT2D eigenvalue weighted by atomic mass is 10.0. The second-order valence-corrected chi connectivity index (χ2v) is 6.33. The van der Waals surface area contributed by atoms with Gasteiger partial charge in [0.25, 0.3) is 0 Å². The Morgan fingerprint density at radius 2 is 1.83 bits per heavy atom. The number of benzene rings is 1. The monoisotopic (exact) mass is 242 g/mol. The SMILES string of the molecule is c1cc2c(cc1CN1CC3CNCC3C1)CCC2. The largest absolute Gasteiger partial charge is 0.316 e. The maximum atomic E-state index is 3.52. The highest BCUT2D eigenvalue weighted by Gasteiger charge is 2.35. The van der Waals surface area contributed by atoms with Crippen molar-refractivity contribution in [2.75, 3.05) is 26.2 Å². The van der Waals surface area contributed by atoms with Gasteiger partial charge in [-0.15, -0.1) is 0 Å². The summed E-state index contributed by atoms with van der Waals surface area (Å²) in [6, 6.07) is 7.20. The molecule has 2 nitrogen and oxygen atoms in total. The van der Waals surface area contributed by atoms with Gasteiger partial charge in [-0.2, -0.15) is 0 Å². The highest BCUT2D eigenvalue weighted by Crippen LogP contribution is 2.28. The first-order valence-corrected chi connectivity index (χ1v) is 7.42. The first kappa shape index (κ1) is 11.0. The van der Waals surface area contributed by atoms with Crippen LogP contribution in [0.4, 0.5) is 0 Å². The van der Waals surface area contributed by atoms with E-state index in [1.165, 1.54) is 57.5 Å². The Labute approximate surface area is 109 Å². The van der Waals surface area contributed by atoms with Crippen LogP contribution in [-0.4, -0.2) is 31.1 Å². The molecule has 0 bridgehead atoms. The van der Waals surface area contributed by atoms with Crippen molar-refractivity contribution < 1.29 is 0 Å². The summed E-state index contributed by atoms with van der Waals surface area (Å²) in [6.07, 6.45) is 3.96. The molecule has 1 aromatic rings. The number of hydrogen-bond donors (Lipinski definition) is 1. The zero-order valence-corrected chi connectivity index (χ0v) is 11.0. The molecule has 2 fully saturated rings. The van der Waals surface area contributed by atoms with Crippen LogP contribution in [0.15, 0.2) is 18.2 Å². The Morgan fingerprint density at radius 1 is 1.06 bits per heavy atom. The lowest BCUT2D eigenvalue weighted by molar-refractivity contribution is 0.305. The molecular formula is C16H22N2. The third kappa shape index (κ3) is 1.88. The molecule has 4 rings (SSSR count). The van der Waals surface area contributed by atoms with E-state index in [1.54, 1.807) is 11.1 Å². The van der Waals surface area contributed by atoms with Gasteiger partial charge in [-0.05, 0) is 60.9 Å². The fourth-order valence-corrected chi connectivity index (χ4v) is 4.06. The van der Waals surface area contributed by atoms with E-state index in [-0.39, 0.29) is 0 Å². The van der Waals surface area contributed by atoms with Gasteiger partial charge in [0.2, 0.25) is 0 Å². The first-order chi connectivity index (χ1) is 8.88. The third-order valence-corrected chi connectivity index (χ3v) is 5.03. The lowest BCUT2D eigenvalue weighted by Gasteiger charge is -2.17. The molecule has 2 heteroatoms. The lowest BCUT2D eigenvalue weighted by Crippen LogP contribution is -2.25. The van der Waals surface area contributed by atoms with E-state index in [1.807, 2.05) is 0 Å². The van der Waals surface area contributed by atoms with Gasteiger partial charge in [0.15, 0.2) is 0 Å². The summed E-state index contributed by atoms with van der Waals surface area (Å²) in [7, 11) is 0. The molecule has 2 aliphatic heterocycles. The Morgan fingerprint density at radius 3 is 2.67 bits per heavy atom. The normalized spacial score (nSPS) is 30.7. The number of nitrogens with zero attached hydrogens (tertiary/aromatic N) is 1. The van der Waals surface area contributed by atoms with E-state index >= 15 is 0 Å². The summed E-state index contributed by atoms with van der Waals surface area (Å²) in [4.78, 5) is 2.66. The summed E-state index contributed by atoms with van der Waals surface area (Å²) >= 11 is 0. The number of hydrogen-bond acceptors (Lipinski definition) is 2. The average molecular weight is 242 g/mol. The van der Waals surface area contributed by atoms with Crippen molar-refractivity contribution in [1.82, 2.24) is 10.2 Å². The molecule has 2 unspecified atom stereocenters. The second kappa shape index (κ2) is 4.36. The van der Waals surface area contributed by atoms with Gasteiger partial charge in [-0.25, -0.2) is 0 Å². The predicted molar refractivity (Wildman–Crippen MR) is 73.6 cm³/mol. The molecular weight excluding hydrogens is 220 g/mol. The third-order valence-electron chi connectivity index (χ3n) is 5.03. The van der Waals surface area contributed by atoms with Crippen molar-refractivity contribution in [3.05, 3.63) is 34.9 Å². The average Bonchev–Trinajstić information content (AvgIpc) is 3.02. The van der Waals surface area contributed by atoms with Crippen molar-refractivity contribution in [3.8, 4) is 0 Å². The van der Waals surface area contributed by atoms with Crippen LogP contribution in [0.2, 0.25) is 0 Å². The van der Waals surface area contributed by atoms with E-state index in [0.717, 1.165) is 11.8 Å². The summed E-state index contributed by atoms with van der Waals surface area (Å²) in [5.41, 5.74) is 4.75. The fourth-order valence-electron chi connectivity index (χ4n) is 4.06. The van der Waals surface area contributed by atoms with Gasteiger partial charge >= 0.3 is 0 Å². The van der Waals surface area contributed by atoms with Crippen molar-refractivity contribution >= 4 is 0 Å². The fraction of sp³-hybridized carbons (Fsp3) is 0.625. The minimum absolute atomic E-state index is 0.916. The molecule has 2 saturated heterocycles. The van der Waals surface area contributed by atoms with Crippen LogP contribution in [0, 0.1) is 11.8 Å². The minimum Gasteiger partial charge on any atom is -0.316 e. The maximum absolute atomic E-state index is 3.52. The molecule has 0 amide bonds. The van der Waals surface area contributed by atoms with Gasteiger partial charge in [-0.3, -0.25) is 4.90 Å². The maximum Gasteiger partial charge on any atom is 0.0234 e. The zero-order chi connectivity index (χ0) is 11.9. The summed E-state index contributed by atoms with van der Waals surface area (Å²) in [5.74, 6) is 1.83. The van der Waals surface area contributed by atoms with Crippen LogP contribution < -0.4 is 5.32 Å². The van der Waals surface area contributed by atoms with E-state index in [9.17, 15) is 0 Å². The van der Waals surface area contributed by atoms with Crippen LogP contribution in [0.5, 0.6) is 0 Å². The molecule has 0 aromatic heterocycles. The minimum atomic E-state index is 0.916. The number of fused-ring (bicyclic) bond motifs is 2. The van der Waals surface area contributed by atoms with Crippen LogP contribution in [0.25, 0.3) is 0 Å². The van der Waals surface area contributed by atoms with Crippen molar-refractivity contribution in [3.63, 3.8) is 0 Å². The van der Waals surface area contributed by atoms with Crippen molar-refractivity contribution in [2.45, 2.75) is 25.8 Å². The first-order valence-electron chi connectivity index (χ1n) is 7.42. The Balaban J connectivity index is 1.46. The zero-order valence-electron chi connectivity index (χ0n) is 11.0. The molecule has 3 aliphatic rings. The predicted octanol–water partition coefficient (Wildman–Crippen LogP) is 1.83. The molecule has 0 spiro atoms. The smallest absolute Gasteiger partial charge is 0.0234 e. The molecule has 0 saturated carbocycles. The number of nitrogens with one attached hydrogen (secondary N) is 1. The molecule has 0 radical (unpaired) electrons. The highest BCUT2D eigenvalue weighted by atomic mass is 15.2. The second-order valence-electron chi connectivity index (χ2n) is 6.33. The van der Waals surface area contributed by atoms with Gasteiger partial charge in [0.05, 0.1) is 0 Å².